The predicted molar refractivity (Wildman–Crippen MR) is 107 cm³/mol. The van der Waals surface area contributed by atoms with Crippen molar-refractivity contribution in [1.82, 2.24) is 4.90 Å². The lowest BCUT2D eigenvalue weighted by atomic mass is 10.0. The monoisotopic (exact) mass is 374 g/mol. The van der Waals surface area contributed by atoms with E-state index in [-0.39, 0.29) is 0 Å². The number of nitrogens with one attached hydrogen (secondary N) is 1. The SMILES string of the molecule is Cc1cccc(OCC(O)CN2CCC(Nc3ccc(Cl)cc3)CC2)c1. The predicted octanol–water partition coefficient (Wildman–Crippen LogP) is 3.96. The first-order valence-corrected chi connectivity index (χ1v) is 9.58. The van der Waals surface area contributed by atoms with Crippen LogP contribution in [0.25, 0.3) is 0 Å². The van der Waals surface area contributed by atoms with Gasteiger partial charge in [0.05, 0.1) is 0 Å². The molecule has 0 radical (unpaired) electrons. The lowest BCUT2D eigenvalue weighted by Crippen LogP contribution is -2.43. The second-order valence-corrected chi connectivity index (χ2v) is 7.44. The van der Waals surface area contributed by atoms with Gasteiger partial charge in [-0.3, -0.25) is 0 Å². The number of aliphatic hydroxyl groups is 1. The normalized spacial score (nSPS) is 17.0. The molecule has 1 aliphatic rings. The number of benzene rings is 2. The van der Waals surface area contributed by atoms with Gasteiger partial charge in [0.15, 0.2) is 0 Å². The van der Waals surface area contributed by atoms with Gasteiger partial charge < -0.3 is 20.1 Å². The van der Waals surface area contributed by atoms with Crippen molar-refractivity contribution in [1.29, 1.82) is 0 Å². The molecule has 2 N–H and O–H groups in total. The summed E-state index contributed by atoms with van der Waals surface area (Å²) in [6.07, 6.45) is 1.65. The zero-order chi connectivity index (χ0) is 18.4. The van der Waals surface area contributed by atoms with Crippen LogP contribution in [0.5, 0.6) is 5.75 Å². The molecule has 0 saturated carbocycles. The molecule has 0 aromatic heterocycles. The van der Waals surface area contributed by atoms with Crippen LogP contribution in [0.15, 0.2) is 48.5 Å². The number of halogens is 1. The van der Waals surface area contributed by atoms with Crippen LogP contribution in [0, 0.1) is 6.92 Å². The van der Waals surface area contributed by atoms with Crippen molar-refractivity contribution < 1.29 is 9.84 Å². The lowest BCUT2D eigenvalue weighted by molar-refractivity contribution is 0.0605. The summed E-state index contributed by atoms with van der Waals surface area (Å²) in [5.74, 6) is 0.815. The van der Waals surface area contributed by atoms with Crippen molar-refractivity contribution >= 4 is 17.3 Å². The molecule has 2 aromatic carbocycles. The van der Waals surface area contributed by atoms with Crippen LogP contribution < -0.4 is 10.1 Å². The summed E-state index contributed by atoms with van der Waals surface area (Å²) in [7, 11) is 0. The Hall–Kier alpha value is -1.75. The van der Waals surface area contributed by atoms with Gasteiger partial charge in [-0.25, -0.2) is 0 Å². The van der Waals surface area contributed by atoms with E-state index < -0.39 is 6.10 Å². The van der Waals surface area contributed by atoms with E-state index in [1.807, 2.05) is 55.5 Å². The van der Waals surface area contributed by atoms with Crippen LogP contribution in [0.1, 0.15) is 18.4 Å². The molecule has 0 amide bonds. The van der Waals surface area contributed by atoms with Crippen molar-refractivity contribution in [3.63, 3.8) is 0 Å². The number of β-amino-alcohol motifs (C(OH)–C–C–N with tert-alkyl or cyclic N) is 1. The van der Waals surface area contributed by atoms with E-state index in [9.17, 15) is 5.11 Å². The number of hydrogen-bond donors (Lipinski definition) is 2. The number of piperidine rings is 1. The number of aryl methyl sites for hydroxylation is 1. The minimum absolute atomic E-state index is 0.326. The Kier molecular flexibility index (Phi) is 6.78. The number of anilines is 1. The highest BCUT2D eigenvalue weighted by atomic mass is 35.5. The second-order valence-electron chi connectivity index (χ2n) is 7.01. The maximum absolute atomic E-state index is 10.3. The van der Waals surface area contributed by atoms with Crippen LogP contribution in [-0.2, 0) is 0 Å². The van der Waals surface area contributed by atoms with Gasteiger partial charge in [0.25, 0.3) is 0 Å². The molecule has 4 nitrogen and oxygen atoms in total. The van der Waals surface area contributed by atoms with Gasteiger partial charge in [0.1, 0.15) is 18.5 Å². The molecule has 3 rings (SSSR count). The molecule has 26 heavy (non-hydrogen) atoms. The van der Waals surface area contributed by atoms with E-state index in [4.69, 9.17) is 16.3 Å². The highest BCUT2D eigenvalue weighted by molar-refractivity contribution is 6.30. The number of ether oxygens (including phenoxy) is 1. The number of rotatable bonds is 7. The Labute approximate surface area is 160 Å². The molecule has 1 fully saturated rings. The molecular formula is C21H27ClN2O2. The first-order chi connectivity index (χ1) is 12.6. The topological polar surface area (TPSA) is 44.7 Å². The molecule has 0 aliphatic carbocycles. The third-order valence-corrected chi connectivity index (χ3v) is 4.96. The van der Waals surface area contributed by atoms with Crippen molar-refractivity contribution in [2.75, 3.05) is 31.6 Å². The lowest BCUT2D eigenvalue weighted by Gasteiger charge is -2.33. The molecule has 0 spiro atoms. The van der Waals surface area contributed by atoms with E-state index in [1.54, 1.807) is 0 Å². The third-order valence-electron chi connectivity index (χ3n) is 4.70. The van der Waals surface area contributed by atoms with Gasteiger partial charge >= 0.3 is 0 Å². The van der Waals surface area contributed by atoms with Crippen molar-refractivity contribution in [3.05, 3.63) is 59.1 Å². The Bertz CT molecular complexity index is 685. The number of hydrogen-bond acceptors (Lipinski definition) is 4. The Morgan fingerprint density at radius 2 is 1.92 bits per heavy atom. The molecule has 5 heteroatoms. The molecule has 1 atom stereocenters. The van der Waals surface area contributed by atoms with Crippen LogP contribution >= 0.6 is 11.6 Å². The van der Waals surface area contributed by atoms with Gasteiger partial charge in [-0.05, 0) is 61.7 Å². The summed E-state index contributed by atoms with van der Waals surface area (Å²) in [6.45, 7) is 4.97. The van der Waals surface area contributed by atoms with Crippen molar-refractivity contribution in [2.24, 2.45) is 0 Å². The van der Waals surface area contributed by atoms with Gasteiger partial charge in [-0.15, -0.1) is 0 Å². The minimum Gasteiger partial charge on any atom is -0.491 e. The molecule has 140 valence electrons. The quantitative estimate of drug-likeness (QED) is 0.769. The summed E-state index contributed by atoms with van der Waals surface area (Å²) in [5.41, 5.74) is 2.27. The van der Waals surface area contributed by atoms with E-state index in [0.29, 0.717) is 19.2 Å². The molecule has 1 saturated heterocycles. The highest BCUT2D eigenvalue weighted by Crippen LogP contribution is 2.19. The van der Waals surface area contributed by atoms with Crippen molar-refractivity contribution in [2.45, 2.75) is 31.9 Å². The zero-order valence-corrected chi connectivity index (χ0v) is 16.0. The maximum Gasteiger partial charge on any atom is 0.119 e. The molecule has 1 unspecified atom stereocenters. The summed E-state index contributed by atoms with van der Waals surface area (Å²) >= 11 is 5.93. The molecule has 2 aromatic rings. The van der Waals surface area contributed by atoms with Gasteiger partial charge in [-0.2, -0.15) is 0 Å². The molecule has 0 bridgehead atoms. The van der Waals surface area contributed by atoms with Crippen LogP contribution in [0.2, 0.25) is 5.02 Å². The smallest absolute Gasteiger partial charge is 0.119 e. The number of aliphatic hydroxyl groups excluding tert-OH is 1. The average Bonchev–Trinajstić information content (AvgIpc) is 2.64. The van der Waals surface area contributed by atoms with E-state index in [1.165, 1.54) is 0 Å². The van der Waals surface area contributed by atoms with E-state index in [0.717, 1.165) is 48.0 Å². The standard InChI is InChI=1S/C21H27ClN2O2/c1-16-3-2-4-21(13-16)26-15-20(25)14-24-11-9-19(10-12-24)23-18-7-5-17(22)6-8-18/h2-8,13,19-20,23,25H,9-12,14-15H2,1H3. The minimum atomic E-state index is -0.476. The van der Waals surface area contributed by atoms with Crippen LogP contribution in [0.3, 0.4) is 0 Å². The number of nitrogens with zero attached hydrogens (tertiary/aromatic N) is 1. The largest absolute Gasteiger partial charge is 0.491 e. The Morgan fingerprint density at radius 1 is 1.19 bits per heavy atom. The fourth-order valence-corrected chi connectivity index (χ4v) is 3.42. The zero-order valence-electron chi connectivity index (χ0n) is 15.2. The van der Waals surface area contributed by atoms with Gasteiger partial charge in [0, 0.05) is 36.4 Å². The molecule has 1 aliphatic heterocycles. The highest BCUT2D eigenvalue weighted by Gasteiger charge is 2.21. The summed E-state index contributed by atoms with van der Waals surface area (Å²) in [6, 6.07) is 16.2. The molecule has 1 heterocycles. The van der Waals surface area contributed by atoms with Gasteiger partial charge in [0.2, 0.25) is 0 Å². The molecular weight excluding hydrogens is 348 g/mol. The summed E-state index contributed by atoms with van der Waals surface area (Å²) in [4.78, 5) is 2.31. The second kappa shape index (κ2) is 9.26. The Balaban J connectivity index is 1.37. The van der Waals surface area contributed by atoms with E-state index in [2.05, 4.69) is 10.2 Å². The van der Waals surface area contributed by atoms with Gasteiger partial charge in [-0.1, -0.05) is 23.7 Å². The van der Waals surface area contributed by atoms with Crippen LogP contribution in [0.4, 0.5) is 5.69 Å². The first kappa shape index (κ1) is 19.0. The summed E-state index contributed by atoms with van der Waals surface area (Å²) < 4.78 is 5.70. The number of likely N-dealkylation sites (tertiary alicyclic amines) is 1. The van der Waals surface area contributed by atoms with Crippen LogP contribution in [-0.4, -0.2) is 48.4 Å². The average molecular weight is 375 g/mol. The fraction of sp³-hybridized carbons (Fsp3) is 0.429. The maximum atomic E-state index is 10.3. The first-order valence-electron chi connectivity index (χ1n) is 9.20. The fourth-order valence-electron chi connectivity index (χ4n) is 3.29. The summed E-state index contributed by atoms with van der Waals surface area (Å²) in [5, 5.41) is 14.6. The van der Waals surface area contributed by atoms with Crippen molar-refractivity contribution in [3.8, 4) is 5.75 Å². The Morgan fingerprint density at radius 3 is 2.62 bits per heavy atom. The third kappa shape index (κ3) is 5.90. The van der Waals surface area contributed by atoms with E-state index >= 15 is 0 Å².